The van der Waals surface area contributed by atoms with Gasteiger partial charge >= 0.3 is 0 Å². The number of rotatable bonds is 13. The Bertz CT molecular complexity index is 1460. The minimum absolute atomic E-state index is 0.528. The number of anilines is 2. The third kappa shape index (κ3) is 8.33. The highest BCUT2D eigenvalue weighted by atomic mass is 35.5. The summed E-state index contributed by atoms with van der Waals surface area (Å²) in [6.07, 6.45) is 8.19. The summed E-state index contributed by atoms with van der Waals surface area (Å²) in [6, 6.07) is 17.1. The van der Waals surface area contributed by atoms with Crippen molar-refractivity contribution in [2.75, 3.05) is 48.5 Å². The van der Waals surface area contributed by atoms with Gasteiger partial charge in [-0.2, -0.15) is 0 Å². The van der Waals surface area contributed by atoms with E-state index in [0.717, 1.165) is 47.4 Å². The molecule has 0 spiro atoms. The van der Waals surface area contributed by atoms with Crippen LogP contribution < -0.4 is 18.9 Å². The summed E-state index contributed by atoms with van der Waals surface area (Å²) < 4.78 is 7.48. The molecule has 2 heterocycles. The minimum Gasteiger partial charge on any atom is -0.374 e. The van der Waals surface area contributed by atoms with E-state index in [2.05, 4.69) is 84.6 Å². The zero-order chi connectivity index (χ0) is 32.0. The average molecular weight is 713 g/mol. The fraction of sp³-hybridized carbons (Fsp3) is 0.312. The number of nitrogens with zero attached hydrogens (tertiary/aromatic N) is 6. The van der Waals surface area contributed by atoms with Crippen LogP contribution in [0.3, 0.4) is 0 Å². The molecule has 0 saturated heterocycles. The first-order valence-electron chi connectivity index (χ1n) is 14.0. The second kappa shape index (κ2) is 15.9. The molecule has 6 nitrogen and oxygen atoms in total. The number of imidazole rings is 2. The van der Waals surface area contributed by atoms with E-state index in [1.165, 1.54) is 11.4 Å². The van der Waals surface area contributed by atoms with Crippen LogP contribution in [0, 0.1) is 0 Å². The van der Waals surface area contributed by atoms with E-state index in [1.54, 1.807) is 0 Å². The predicted octanol–water partition coefficient (Wildman–Crippen LogP) is 7.92. The summed E-state index contributed by atoms with van der Waals surface area (Å²) in [5.74, 6) is 3.96. The molecule has 0 fully saturated rings. The Hall–Kier alpha value is -2.20. The van der Waals surface area contributed by atoms with Crippen molar-refractivity contribution in [1.29, 1.82) is 0 Å². The number of benzene rings is 2. The van der Waals surface area contributed by atoms with E-state index in [4.69, 9.17) is 46.4 Å². The molecule has 4 aromatic rings. The fourth-order valence-electron chi connectivity index (χ4n) is 4.60. The van der Waals surface area contributed by atoms with Crippen molar-refractivity contribution in [3.63, 3.8) is 0 Å². The van der Waals surface area contributed by atoms with E-state index < -0.39 is 0 Å². The molecule has 0 aliphatic rings. The largest absolute Gasteiger partial charge is 0.374 e. The van der Waals surface area contributed by atoms with Gasteiger partial charge in [0.2, 0.25) is 0 Å². The van der Waals surface area contributed by atoms with Crippen molar-refractivity contribution in [2.24, 2.45) is 28.2 Å². The van der Waals surface area contributed by atoms with E-state index in [0.29, 0.717) is 20.6 Å². The van der Waals surface area contributed by atoms with Gasteiger partial charge in [-0.3, -0.25) is 0 Å². The summed E-state index contributed by atoms with van der Waals surface area (Å²) in [4.78, 5) is 4.59. The first-order valence-corrected chi connectivity index (χ1v) is 18.0. The molecule has 0 aliphatic heterocycles. The first-order chi connectivity index (χ1) is 21.0. The van der Waals surface area contributed by atoms with Crippen LogP contribution in [0.2, 0.25) is 20.6 Å². The van der Waals surface area contributed by atoms with Gasteiger partial charge in [-0.25, -0.2) is 18.3 Å². The van der Waals surface area contributed by atoms with Crippen molar-refractivity contribution in [2.45, 2.75) is 0 Å². The van der Waals surface area contributed by atoms with Gasteiger partial charge in [0.1, 0.15) is 0 Å². The molecule has 12 heteroatoms. The highest BCUT2D eigenvalue weighted by molar-refractivity contribution is 8.76. The molecule has 0 saturated carbocycles. The molecular formula is C32H38Cl4N6S2+2. The molecule has 234 valence electrons. The van der Waals surface area contributed by atoms with Crippen molar-refractivity contribution in [3.8, 4) is 0 Å². The number of halogens is 4. The minimum atomic E-state index is 0.528. The van der Waals surface area contributed by atoms with E-state index >= 15 is 0 Å². The van der Waals surface area contributed by atoms with Gasteiger partial charge in [-0.05, 0) is 93.9 Å². The van der Waals surface area contributed by atoms with Crippen molar-refractivity contribution in [1.82, 2.24) is 9.13 Å². The zero-order valence-electron chi connectivity index (χ0n) is 25.8. The Labute approximate surface area is 288 Å². The molecule has 2 aromatic heterocycles. The van der Waals surface area contributed by atoms with Crippen LogP contribution in [-0.2, 0) is 28.2 Å². The van der Waals surface area contributed by atoms with E-state index in [9.17, 15) is 0 Å². The quantitative estimate of drug-likeness (QED) is 0.0799. The first kappa shape index (κ1) is 34.7. The number of aromatic nitrogens is 4. The Balaban J connectivity index is 1.16. The molecule has 0 N–H and O–H groups in total. The highest BCUT2D eigenvalue weighted by Crippen LogP contribution is 2.25. The van der Waals surface area contributed by atoms with Crippen LogP contribution in [-0.4, -0.2) is 47.8 Å². The second-order valence-corrected chi connectivity index (χ2v) is 14.6. The van der Waals surface area contributed by atoms with Gasteiger partial charge in [-0.15, -0.1) is 0 Å². The van der Waals surface area contributed by atoms with E-state index in [1.807, 2.05) is 80.2 Å². The van der Waals surface area contributed by atoms with Crippen LogP contribution in [0.25, 0.3) is 24.3 Å². The summed E-state index contributed by atoms with van der Waals surface area (Å²) in [5, 5.41) is 2.11. The Kier molecular flexibility index (Phi) is 12.5. The SMILES string of the molecule is CN(CCSSCCN(C)c1ccc(/C=C/c2n(C)c(Cl)c(Cl)[n+]2C)cc1)c1ccc(/C=C/c2n(C)c(Cl)c(Cl)[n+]2C)cc1. The van der Waals surface area contributed by atoms with Crippen LogP contribution in [0.4, 0.5) is 11.4 Å². The van der Waals surface area contributed by atoms with Crippen LogP contribution in [0.1, 0.15) is 22.8 Å². The molecule has 0 atom stereocenters. The predicted molar refractivity (Wildman–Crippen MR) is 195 cm³/mol. The lowest BCUT2D eigenvalue weighted by Crippen LogP contribution is -2.31. The maximum Gasteiger partial charge on any atom is 0.283 e. The maximum atomic E-state index is 6.25. The molecule has 0 bridgehead atoms. The van der Waals surface area contributed by atoms with Gasteiger partial charge in [0.25, 0.3) is 32.3 Å². The van der Waals surface area contributed by atoms with Gasteiger partial charge in [-0.1, -0.05) is 45.9 Å². The summed E-state index contributed by atoms with van der Waals surface area (Å²) in [6.45, 7) is 1.96. The molecule has 0 amide bonds. The number of hydrogen-bond acceptors (Lipinski definition) is 4. The summed E-state index contributed by atoms with van der Waals surface area (Å²) in [5.41, 5.74) is 4.64. The zero-order valence-corrected chi connectivity index (χ0v) is 30.4. The van der Waals surface area contributed by atoms with Crippen molar-refractivity contribution < 1.29 is 9.13 Å². The second-order valence-electron chi connectivity index (χ2n) is 10.5. The molecule has 0 radical (unpaired) electrons. The molecule has 0 unspecified atom stereocenters. The standard InChI is InChI=1S/C32H38Cl4N6S2/c1-37(25-13-7-23(8-14-25)11-17-27-39(3)29(33)30(34)40(27)4)19-21-43-44-22-20-38(2)26-15-9-24(10-16-26)12-18-28-41(5)31(35)32(36)42(28)6/h7-18H,19-22H2,1-6H3/q+2. The van der Waals surface area contributed by atoms with Crippen LogP contribution >= 0.6 is 68.0 Å². The average Bonchev–Trinajstić information content (AvgIpc) is 3.33. The van der Waals surface area contributed by atoms with Gasteiger partial charge in [0.15, 0.2) is 0 Å². The van der Waals surface area contributed by atoms with Crippen LogP contribution in [0.15, 0.2) is 48.5 Å². The third-order valence-electron chi connectivity index (χ3n) is 7.51. The number of hydrogen-bond donors (Lipinski definition) is 0. The molecule has 44 heavy (non-hydrogen) atoms. The third-order valence-corrected chi connectivity index (χ3v) is 11.8. The monoisotopic (exact) mass is 710 g/mol. The highest BCUT2D eigenvalue weighted by Gasteiger charge is 2.22. The maximum absolute atomic E-state index is 6.25. The van der Waals surface area contributed by atoms with Gasteiger partial charge < -0.3 is 9.80 Å². The molecular weight excluding hydrogens is 674 g/mol. The van der Waals surface area contributed by atoms with Crippen molar-refractivity contribution >= 4 is 104 Å². The van der Waals surface area contributed by atoms with Crippen molar-refractivity contribution in [3.05, 3.63) is 91.9 Å². The van der Waals surface area contributed by atoms with Gasteiger partial charge in [0, 0.05) is 62.2 Å². The Morgan fingerprint density at radius 2 is 0.955 bits per heavy atom. The lowest BCUT2D eigenvalue weighted by molar-refractivity contribution is -0.670. The molecule has 4 rings (SSSR count). The fourth-order valence-corrected chi connectivity index (χ4v) is 7.54. The molecule has 0 aliphatic carbocycles. The lowest BCUT2D eigenvalue weighted by atomic mass is 10.2. The van der Waals surface area contributed by atoms with Gasteiger partial charge in [0.05, 0.1) is 28.2 Å². The topological polar surface area (TPSA) is 24.1 Å². The smallest absolute Gasteiger partial charge is 0.283 e. The summed E-state index contributed by atoms with van der Waals surface area (Å²) in [7, 11) is 15.7. The van der Waals surface area contributed by atoms with Crippen LogP contribution in [0.5, 0.6) is 0 Å². The lowest BCUT2D eigenvalue weighted by Gasteiger charge is -2.20. The van der Waals surface area contributed by atoms with E-state index in [-0.39, 0.29) is 0 Å². The summed E-state index contributed by atoms with van der Waals surface area (Å²) >= 11 is 25.0. The molecule has 2 aromatic carbocycles. The Morgan fingerprint density at radius 1 is 0.614 bits per heavy atom. The Morgan fingerprint density at radius 3 is 1.25 bits per heavy atom. The normalized spacial score (nSPS) is 11.8.